The zero-order valence-electron chi connectivity index (χ0n) is 17.7. The maximum atomic E-state index is 12.0. The third kappa shape index (κ3) is 8.39. The Morgan fingerprint density at radius 3 is 2.43 bits per heavy atom. The van der Waals surface area contributed by atoms with Gasteiger partial charge in [0.1, 0.15) is 19.0 Å². The van der Waals surface area contributed by atoms with Crippen LogP contribution >= 0.6 is 0 Å². The molecular formula is C24H29NO5. The van der Waals surface area contributed by atoms with Crippen LogP contribution in [0.5, 0.6) is 5.75 Å². The van der Waals surface area contributed by atoms with E-state index in [9.17, 15) is 9.59 Å². The van der Waals surface area contributed by atoms with E-state index in [1.165, 1.54) is 0 Å². The second kappa shape index (κ2) is 11.7. The lowest BCUT2D eigenvalue weighted by atomic mass is 10.0. The fourth-order valence-corrected chi connectivity index (χ4v) is 2.54. The van der Waals surface area contributed by atoms with Crippen molar-refractivity contribution in [2.75, 3.05) is 13.2 Å². The van der Waals surface area contributed by atoms with Gasteiger partial charge in [-0.3, -0.25) is 4.79 Å². The third-order valence-corrected chi connectivity index (χ3v) is 4.16. The van der Waals surface area contributed by atoms with Crippen LogP contribution in [0.3, 0.4) is 0 Å². The Morgan fingerprint density at radius 1 is 1.10 bits per heavy atom. The molecule has 6 nitrogen and oxygen atoms in total. The highest BCUT2D eigenvalue weighted by Gasteiger charge is 2.25. The van der Waals surface area contributed by atoms with E-state index >= 15 is 0 Å². The molecule has 0 radical (unpaired) electrons. The Balaban J connectivity index is 1.97. The van der Waals surface area contributed by atoms with Crippen LogP contribution in [0.2, 0.25) is 0 Å². The van der Waals surface area contributed by atoms with Crippen LogP contribution in [0, 0.1) is 5.92 Å². The molecule has 2 rings (SSSR count). The number of hydrogen-bond donors (Lipinski definition) is 1. The Kier molecular flexibility index (Phi) is 8.94. The highest BCUT2D eigenvalue weighted by atomic mass is 16.6. The molecule has 1 atom stereocenters. The van der Waals surface area contributed by atoms with Crippen LogP contribution in [0.15, 0.2) is 60.7 Å². The first kappa shape index (κ1) is 23.0. The molecule has 0 saturated carbocycles. The summed E-state index contributed by atoms with van der Waals surface area (Å²) in [5, 5.41) is 2.75. The van der Waals surface area contributed by atoms with Gasteiger partial charge in [0, 0.05) is 0 Å². The maximum Gasteiger partial charge on any atom is 0.407 e. The van der Waals surface area contributed by atoms with Crippen LogP contribution < -0.4 is 10.1 Å². The van der Waals surface area contributed by atoms with E-state index in [2.05, 4.69) is 5.32 Å². The summed E-state index contributed by atoms with van der Waals surface area (Å²) in [6, 6.07) is 17.5. The van der Waals surface area contributed by atoms with E-state index < -0.39 is 11.6 Å². The predicted molar refractivity (Wildman–Crippen MR) is 116 cm³/mol. The average Bonchev–Trinajstić information content (AvgIpc) is 2.75. The lowest BCUT2D eigenvalue weighted by Gasteiger charge is -2.26. The van der Waals surface area contributed by atoms with Crippen LogP contribution in [0.1, 0.15) is 31.9 Å². The fourth-order valence-electron chi connectivity index (χ4n) is 2.54. The number of nitrogens with one attached hydrogen (secondary N) is 1. The monoisotopic (exact) mass is 411 g/mol. The van der Waals surface area contributed by atoms with Gasteiger partial charge in [0.2, 0.25) is 0 Å². The zero-order chi connectivity index (χ0) is 21.8. The molecule has 6 heteroatoms. The molecule has 1 N–H and O–H groups in total. The quantitative estimate of drug-likeness (QED) is 0.547. The van der Waals surface area contributed by atoms with Gasteiger partial charge in [0.05, 0.1) is 12.1 Å². The standard InChI is InChI=1S/C24H29NO5/c1-19(2)15-30-23(27)25-24(3,17-28-18-26)14-13-20-9-11-22(12-10-20)29-16-21-7-5-4-6-8-21/h4-14,18-19H,15-17H2,1-3H3,(H,25,27)/b14-13+/t24-/m1/s1. The molecular weight excluding hydrogens is 382 g/mol. The maximum absolute atomic E-state index is 12.0. The summed E-state index contributed by atoms with van der Waals surface area (Å²) in [5.41, 5.74) is 1.11. The molecule has 2 aromatic rings. The number of hydrogen-bond acceptors (Lipinski definition) is 5. The number of benzene rings is 2. The zero-order valence-corrected chi connectivity index (χ0v) is 17.7. The Bertz CT molecular complexity index is 817. The van der Waals surface area contributed by atoms with Crippen LogP contribution in [-0.4, -0.2) is 31.3 Å². The summed E-state index contributed by atoms with van der Waals surface area (Å²) in [5.74, 6) is 0.991. The molecule has 0 aliphatic carbocycles. The van der Waals surface area contributed by atoms with Gasteiger partial charge in [-0.15, -0.1) is 0 Å². The van der Waals surface area contributed by atoms with Crippen molar-refractivity contribution >= 4 is 18.6 Å². The van der Waals surface area contributed by atoms with E-state index in [4.69, 9.17) is 14.2 Å². The molecule has 30 heavy (non-hydrogen) atoms. The number of alkyl carbamates (subject to hydrolysis) is 1. The minimum absolute atomic E-state index is 0.0119. The number of rotatable bonds is 11. The molecule has 0 fully saturated rings. The van der Waals surface area contributed by atoms with Gasteiger partial charge < -0.3 is 19.5 Å². The number of amides is 1. The normalized spacial score (nSPS) is 12.9. The first-order chi connectivity index (χ1) is 14.4. The van der Waals surface area contributed by atoms with Gasteiger partial charge in [0.15, 0.2) is 0 Å². The predicted octanol–water partition coefficient (Wildman–Crippen LogP) is 4.59. The molecule has 160 valence electrons. The second-order valence-corrected chi connectivity index (χ2v) is 7.62. The highest BCUT2D eigenvalue weighted by molar-refractivity contribution is 5.69. The average molecular weight is 411 g/mol. The number of carbonyl (C=O) groups is 2. The van der Waals surface area contributed by atoms with Gasteiger partial charge in [-0.05, 0) is 36.1 Å². The van der Waals surface area contributed by atoms with Crippen molar-refractivity contribution in [1.29, 1.82) is 0 Å². The topological polar surface area (TPSA) is 73.9 Å². The molecule has 0 aliphatic heterocycles. The molecule has 0 heterocycles. The summed E-state index contributed by atoms with van der Waals surface area (Å²) in [4.78, 5) is 22.7. The molecule has 0 saturated heterocycles. The Labute approximate surface area is 177 Å². The molecule has 0 bridgehead atoms. The van der Waals surface area contributed by atoms with Crippen molar-refractivity contribution < 1.29 is 23.8 Å². The first-order valence-corrected chi connectivity index (χ1v) is 9.86. The Morgan fingerprint density at radius 2 is 1.80 bits per heavy atom. The van der Waals surface area contributed by atoms with Gasteiger partial charge in [-0.2, -0.15) is 0 Å². The summed E-state index contributed by atoms with van der Waals surface area (Å²) in [6.07, 6.45) is 3.06. The molecule has 0 unspecified atom stereocenters. The summed E-state index contributed by atoms with van der Waals surface area (Å²) in [7, 11) is 0. The molecule has 1 amide bonds. The second-order valence-electron chi connectivity index (χ2n) is 7.62. The van der Waals surface area contributed by atoms with Gasteiger partial charge in [-0.25, -0.2) is 4.79 Å². The fraction of sp³-hybridized carbons (Fsp3) is 0.333. The minimum atomic E-state index is -0.905. The lowest BCUT2D eigenvalue weighted by molar-refractivity contribution is -0.130. The van der Waals surface area contributed by atoms with Crippen molar-refractivity contribution in [3.05, 3.63) is 71.8 Å². The summed E-state index contributed by atoms with van der Waals surface area (Å²) < 4.78 is 15.8. The molecule has 0 aliphatic rings. The highest BCUT2D eigenvalue weighted by Crippen LogP contribution is 2.17. The van der Waals surface area contributed by atoms with E-state index in [-0.39, 0.29) is 12.5 Å². The van der Waals surface area contributed by atoms with Crippen molar-refractivity contribution in [2.45, 2.75) is 32.9 Å². The molecule has 0 aromatic heterocycles. The minimum Gasteiger partial charge on any atom is -0.489 e. The van der Waals surface area contributed by atoms with Gasteiger partial charge >= 0.3 is 6.09 Å². The van der Waals surface area contributed by atoms with Crippen molar-refractivity contribution in [3.63, 3.8) is 0 Å². The van der Waals surface area contributed by atoms with Crippen LogP contribution in [-0.2, 0) is 20.9 Å². The van der Waals surface area contributed by atoms with Crippen molar-refractivity contribution in [1.82, 2.24) is 5.32 Å². The smallest absolute Gasteiger partial charge is 0.407 e. The van der Waals surface area contributed by atoms with Crippen LogP contribution in [0.25, 0.3) is 6.08 Å². The molecule has 2 aromatic carbocycles. The van der Waals surface area contributed by atoms with Crippen molar-refractivity contribution in [2.24, 2.45) is 5.92 Å². The Hall–Kier alpha value is -3.28. The van der Waals surface area contributed by atoms with Gasteiger partial charge in [0.25, 0.3) is 6.47 Å². The molecule has 0 spiro atoms. The number of carbonyl (C=O) groups excluding carboxylic acids is 2. The number of ether oxygens (including phenoxy) is 3. The van der Waals surface area contributed by atoms with Crippen molar-refractivity contribution in [3.8, 4) is 5.75 Å². The van der Waals surface area contributed by atoms with Gasteiger partial charge in [-0.1, -0.05) is 68.5 Å². The summed E-state index contributed by atoms with van der Waals surface area (Å²) in [6.45, 7) is 6.81. The van der Waals surface area contributed by atoms with E-state index in [0.717, 1.165) is 16.9 Å². The van der Waals surface area contributed by atoms with E-state index in [1.807, 2.05) is 74.5 Å². The summed E-state index contributed by atoms with van der Waals surface area (Å²) >= 11 is 0. The first-order valence-electron chi connectivity index (χ1n) is 9.86. The van der Waals surface area contributed by atoms with Crippen LogP contribution in [0.4, 0.5) is 4.79 Å². The lowest BCUT2D eigenvalue weighted by Crippen LogP contribution is -2.48. The van der Waals surface area contributed by atoms with E-state index in [0.29, 0.717) is 19.7 Å². The SMILES string of the molecule is CC(C)COC(=O)N[C@](C)(/C=C/c1ccc(OCc2ccccc2)cc1)COC=O. The van der Waals surface area contributed by atoms with E-state index in [1.54, 1.807) is 13.0 Å². The largest absolute Gasteiger partial charge is 0.489 e. The third-order valence-electron chi connectivity index (χ3n) is 4.16.